The molecule has 2 aromatic rings. The quantitative estimate of drug-likeness (QED) is 0.503. The van der Waals surface area contributed by atoms with Crippen LogP contribution in [0.3, 0.4) is 0 Å². The minimum Gasteiger partial charge on any atom is -0.372 e. The van der Waals surface area contributed by atoms with Gasteiger partial charge in [-0.1, -0.05) is 30.3 Å². The lowest BCUT2D eigenvalue weighted by atomic mass is 10.2. The number of hydrogen-bond donors (Lipinski definition) is 1. The Morgan fingerprint density at radius 2 is 1.62 bits per heavy atom. The Balaban J connectivity index is 2.07. The molecule has 0 heterocycles. The van der Waals surface area contributed by atoms with Gasteiger partial charge in [0.2, 0.25) is 10.0 Å². The number of rotatable bonds is 9. The molecule has 0 saturated heterocycles. The van der Waals surface area contributed by atoms with Gasteiger partial charge in [-0.15, -0.1) is 0 Å². The van der Waals surface area contributed by atoms with E-state index in [0.717, 1.165) is 34.9 Å². The van der Waals surface area contributed by atoms with Crippen LogP contribution in [0.1, 0.15) is 26.3 Å². The molecular weight excluding hydrogens is 388 g/mol. The van der Waals surface area contributed by atoms with Crippen LogP contribution >= 0.6 is 0 Å². The molecule has 8 heteroatoms. The molecule has 1 N–H and O–H groups in total. The third-order valence-corrected chi connectivity index (χ3v) is 5.75. The number of anilines is 2. The predicted octanol–water partition coefficient (Wildman–Crippen LogP) is 2.84. The Morgan fingerprint density at radius 1 is 1.03 bits per heavy atom. The number of carbonyl (C=O) groups excluding carboxylic acids is 1. The number of sulfonamides is 1. The summed E-state index contributed by atoms with van der Waals surface area (Å²) in [6.07, 6.45) is 2.61. The lowest BCUT2D eigenvalue weighted by Crippen LogP contribution is -2.46. The monoisotopic (exact) mass is 416 g/mol. The minimum absolute atomic E-state index is 0.425. The first-order valence-corrected chi connectivity index (χ1v) is 11.3. The topological polar surface area (TPSA) is 82.1 Å². The van der Waals surface area contributed by atoms with Crippen molar-refractivity contribution in [1.82, 2.24) is 5.43 Å². The van der Waals surface area contributed by atoms with Gasteiger partial charge in [0, 0.05) is 18.8 Å². The highest BCUT2D eigenvalue weighted by atomic mass is 32.2. The maximum absolute atomic E-state index is 12.5. The van der Waals surface area contributed by atoms with Gasteiger partial charge in [-0.2, -0.15) is 5.10 Å². The number of carbonyl (C=O) groups is 1. The third kappa shape index (κ3) is 6.05. The number of nitrogens with zero attached hydrogens (tertiary/aromatic N) is 3. The zero-order valence-electron chi connectivity index (χ0n) is 17.2. The van der Waals surface area contributed by atoms with Gasteiger partial charge in [0.1, 0.15) is 6.04 Å². The number of para-hydroxylation sites is 1. The first kappa shape index (κ1) is 22.4. The van der Waals surface area contributed by atoms with Crippen molar-refractivity contribution >= 4 is 33.5 Å². The number of hydrazone groups is 1. The highest BCUT2D eigenvalue weighted by molar-refractivity contribution is 7.92. The van der Waals surface area contributed by atoms with E-state index in [1.807, 2.05) is 24.3 Å². The van der Waals surface area contributed by atoms with Crippen molar-refractivity contribution in [2.75, 3.05) is 28.6 Å². The lowest BCUT2D eigenvalue weighted by Gasteiger charge is -2.27. The average molecular weight is 417 g/mol. The van der Waals surface area contributed by atoms with E-state index in [9.17, 15) is 13.2 Å². The molecule has 0 aliphatic heterocycles. The maximum Gasteiger partial charge on any atom is 0.263 e. The van der Waals surface area contributed by atoms with E-state index in [1.54, 1.807) is 30.3 Å². The second kappa shape index (κ2) is 10.1. The average Bonchev–Trinajstić information content (AvgIpc) is 2.70. The van der Waals surface area contributed by atoms with Crippen molar-refractivity contribution in [3.63, 3.8) is 0 Å². The molecule has 0 aliphatic carbocycles. The van der Waals surface area contributed by atoms with Crippen molar-refractivity contribution in [3.8, 4) is 0 Å². The fraction of sp³-hybridized carbons (Fsp3) is 0.333. The van der Waals surface area contributed by atoms with Crippen molar-refractivity contribution in [1.29, 1.82) is 0 Å². The maximum atomic E-state index is 12.5. The highest BCUT2D eigenvalue weighted by Crippen LogP contribution is 2.20. The Morgan fingerprint density at radius 3 is 2.14 bits per heavy atom. The molecule has 0 aromatic heterocycles. The molecule has 29 heavy (non-hydrogen) atoms. The Kier molecular flexibility index (Phi) is 7.78. The number of benzene rings is 2. The summed E-state index contributed by atoms with van der Waals surface area (Å²) in [5.41, 5.74) is 4.80. The number of nitrogens with one attached hydrogen (secondary N) is 1. The SMILES string of the molecule is CCN(CC)c1ccc(/C=N\NC(=O)[C@@H](C)N(c2ccccc2)S(C)(=O)=O)cc1. The molecular formula is C21H28N4O3S. The zero-order valence-corrected chi connectivity index (χ0v) is 18.1. The van der Waals surface area contributed by atoms with Crippen LogP contribution in [-0.4, -0.2) is 45.9 Å². The predicted molar refractivity (Wildman–Crippen MR) is 119 cm³/mol. The van der Waals surface area contributed by atoms with Gasteiger partial charge in [0.15, 0.2) is 0 Å². The molecule has 156 valence electrons. The summed E-state index contributed by atoms with van der Waals surface area (Å²) >= 11 is 0. The van der Waals surface area contributed by atoms with Crippen molar-refractivity contribution in [2.24, 2.45) is 5.10 Å². The summed E-state index contributed by atoms with van der Waals surface area (Å²) < 4.78 is 25.5. The summed E-state index contributed by atoms with van der Waals surface area (Å²) in [4.78, 5) is 14.7. The van der Waals surface area contributed by atoms with Crippen LogP contribution in [0, 0.1) is 0 Å². The standard InChI is InChI=1S/C21H28N4O3S/c1-5-24(6-2)19-14-12-18(13-15-19)16-22-23-21(26)17(3)25(29(4,27)28)20-10-8-7-9-11-20/h7-17H,5-6H2,1-4H3,(H,23,26)/b22-16-/t17-/m1/s1. The molecule has 0 aliphatic rings. The van der Waals surface area contributed by atoms with E-state index < -0.39 is 22.0 Å². The smallest absolute Gasteiger partial charge is 0.263 e. The van der Waals surface area contributed by atoms with Crippen LogP contribution in [0.4, 0.5) is 11.4 Å². The molecule has 0 saturated carbocycles. The first-order chi connectivity index (χ1) is 13.8. The zero-order chi connectivity index (χ0) is 21.4. The van der Waals surface area contributed by atoms with Crippen LogP contribution in [0.2, 0.25) is 0 Å². The van der Waals surface area contributed by atoms with Crippen LogP contribution in [0.25, 0.3) is 0 Å². The fourth-order valence-corrected chi connectivity index (χ4v) is 4.18. The van der Waals surface area contributed by atoms with Crippen LogP contribution < -0.4 is 14.6 Å². The van der Waals surface area contributed by atoms with Gasteiger partial charge in [-0.05, 0) is 50.6 Å². The van der Waals surface area contributed by atoms with Crippen LogP contribution in [-0.2, 0) is 14.8 Å². The summed E-state index contributed by atoms with van der Waals surface area (Å²) in [6, 6.07) is 15.4. The summed E-state index contributed by atoms with van der Waals surface area (Å²) in [7, 11) is -3.64. The molecule has 1 amide bonds. The second-order valence-electron chi connectivity index (χ2n) is 6.57. The molecule has 0 unspecified atom stereocenters. The van der Waals surface area contributed by atoms with E-state index >= 15 is 0 Å². The summed E-state index contributed by atoms with van der Waals surface area (Å²) in [5, 5.41) is 3.98. The van der Waals surface area contributed by atoms with Gasteiger partial charge in [-0.25, -0.2) is 13.8 Å². The molecule has 0 bridgehead atoms. The molecule has 0 fully saturated rings. The van der Waals surface area contributed by atoms with Crippen LogP contribution in [0.15, 0.2) is 59.7 Å². The van der Waals surface area contributed by atoms with Gasteiger partial charge in [0.05, 0.1) is 18.2 Å². The Labute approximate surface area is 173 Å². The molecule has 2 rings (SSSR count). The van der Waals surface area contributed by atoms with E-state index in [4.69, 9.17) is 0 Å². The lowest BCUT2D eigenvalue weighted by molar-refractivity contribution is -0.121. The van der Waals surface area contributed by atoms with Gasteiger partial charge in [-0.3, -0.25) is 9.10 Å². The third-order valence-electron chi connectivity index (χ3n) is 4.51. The van der Waals surface area contributed by atoms with Crippen LogP contribution in [0.5, 0.6) is 0 Å². The molecule has 1 atom stereocenters. The highest BCUT2D eigenvalue weighted by Gasteiger charge is 2.28. The molecule has 2 aromatic carbocycles. The Bertz CT molecular complexity index is 924. The Hall–Kier alpha value is -2.87. The minimum atomic E-state index is -3.64. The second-order valence-corrected chi connectivity index (χ2v) is 8.43. The number of hydrogen-bond acceptors (Lipinski definition) is 5. The largest absolute Gasteiger partial charge is 0.372 e. The van der Waals surface area contributed by atoms with Gasteiger partial charge < -0.3 is 4.90 Å². The van der Waals surface area contributed by atoms with E-state index in [1.165, 1.54) is 13.1 Å². The fourth-order valence-electron chi connectivity index (χ4n) is 3.01. The van der Waals surface area contributed by atoms with Gasteiger partial charge >= 0.3 is 0 Å². The molecule has 7 nitrogen and oxygen atoms in total. The van der Waals surface area contributed by atoms with Crippen molar-refractivity contribution in [3.05, 3.63) is 60.2 Å². The number of amides is 1. The summed E-state index contributed by atoms with van der Waals surface area (Å²) in [5.74, 6) is -0.518. The van der Waals surface area contributed by atoms with E-state index in [0.29, 0.717) is 5.69 Å². The normalized spacial score (nSPS) is 12.6. The van der Waals surface area contributed by atoms with Gasteiger partial charge in [0.25, 0.3) is 5.91 Å². The summed E-state index contributed by atoms with van der Waals surface area (Å²) in [6.45, 7) is 7.58. The molecule has 0 spiro atoms. The first-order valence-electron chi connectivity index (χ1n) is 9.50. The van der Waals surface area contributed by atoms with E-state index in [2.05, 4.69) is 29.3 Å². The van der Waals surface area contributed by atoms with Crippen molar-refractivity contribution < 1.29 is 13.2 Å². The van der Waals surface area contributed by atoms with Crippen molar-refractivity contribution in [2.45, 2.75) is 26.8 Å². The van der Waals surface area contributed by atoms with E-state index in [-0.39, 0.29) is 0 Å². The molecule has 0 radical (unpaired) electrons.